The predicted octanol–water partition coefficient (Wildman–Crippen LogP) is 3.92. The molecule has 5 nitrogen and oxygen atoms in total. The Morgan fingerprint density at radius 1 is 1.28 bits per heavy atom. The van der Waals surface area contributed by atoms with Gasteiger partial charge in [0.05, 0.1) is 23.8 Å². The van der Waals surface area contributed by atoms with Gasteiger partial charge in [0.15, 0.2) is 12.1 Å². The quantitative estimate of drug-likeness (QED) is 0.511. The summed E-state index contributed by atoms with van der Waals surface area (Å²) in [5.74, 6) is 1.16. The van der Waals surface area contributed by atoms with Crippen molar-refractivity contribution in [2.45, 2.75) is 46.1 Å². The zero-order valence-corrected chi connectivity index (χ0v) is 16.8. The predicted molar refractivity (Wildman–Crippen MR) is 106 cm³/mol. The maximum absolute atomic E-state index is 4.97. The maximum atomic E-state index is 4.97. The van der Waals surface area contributed by atoms with Crippen LogP contribution in [0.4, 0.5) is 5.69 Å². The molecule has 0 saturated heterocycles. The lowest BCUT2D eigenvalue weighted by Crippen LogP contribution is -2.23. The fourth-order valence-electron chi connectivity index (χ4n) is 3.00. The van der Waals surface area contributed by atoms with Crippen LogP contribution in [0.5, 0.6) is 0 Å². The number of hydrogen-bond acceptors (Lipinski definition) is 3. The van der Waals surface area contributed by atoms with Crippen LogP contribution in [0.25, 0.3) is 11.0 Å². The minimum absolute atomic E-state index is 0.0366. The molecule has 0 amide bonds. The summed E-state index contributed by atoms with van der Waals surface area (Å²) in [7, 11) is 4.11. The van der Waals surface area contributed by atoms with Gasteiger partial charge in [-0.05, 0) is 24.6 Å². The molecule has 0 aliphatic carbocycles. The van der Waals surface area contributed by atoms with Crippen LogP contribution in [0.2, 0.25) is 0 Å². The number of nitrogens with zero attached hydrogens (tertiary/aromatic N) is 5. The lowest BCUT2D eigenvalue weighted by atomic mass is 9.95. The van der Waals surface area contributed by atoms with Gasteiger partial charge in [0.25, 0.3) is 6.33 Å². The third-order valence-electron chi connectivity index (χ3n) is 4.17. The van der Waals surface area contributed by atoms with Gasteiger partial charge in [-0.3, -0.25) is 4.31 Å². The highest BCUT2D eigenvalue weighted by Crippen LogP contribution is 2.30. The van der Waals surface area contributed by atoms with E-state index in [4.69, 9.17) is 4.98 Å². The van der Waals surface area contributed by atoms with Crippen LogP contribution >= 0.6 is 12.1 Å². The summed E-state index contributed by atoms with van der Waals surface area (Å²) in [4.78, 5) is 4.97. The minimum atomic E-state index is 0.0366. The molecule has 0 fully saturated rings. The topological polar surface area (TPSA) is 29.9 Å². The van der Waals surface area contributed by atoms with Crippen molar-refractivity contribution in [1.29, 1.82) is 0 Å². The van der Waals surface area contributed by atoms with E-state index in [0.717, 1.165) is 30.0 Å². The highest BCUT2D eigenvalue weighted by atomic mass is 32.2. The molecule has 0 aliphatic heterocycles. The fourth-order valence-corrected chi connectivity index (χ4v) is 3.79. The standard InChI is InChI=1S/C19H28N5S/c1-7-10-24-17-9-8-15(13-16(17)20-18(24)19(2,3)4)22(6)25-23-12-11-21(5)14-23/h8-9,11-14H,7,10H2,1-6H3/q+1. The van der Waals surface area contributed by atoms with Gasteiger partial charge in [0.1, 0.15) is 18.2 Å². The second kappa shape index (κ2) is 6.75. The zero-order valence-electron chi connectivity index (χ0n) is 16.0. The van der Waals surface area contributed by atoms with Gasteiger partial charge in [-0.2, -0.15) is 3.97 Å². The third kappa shape index (κ3) is 3.68. The van der Waals surface area contributed by atoms with Gasteiger partial charge in [0.2, 0.25) is 0 Å². The van der Waals surface area contributed by atoms with Crippen LogP contribution in [-0.2, 0) is 19.0 Å². The van der Waals surface area contributed by atoms with Crippen molar-refractivity contribution in [2.24, 2.45) is 7.05 Å². The van der Waals surface area contributed by atoms with Crippen LogP contribution in [-0.4, -0.2) is 20.6 Å². The highest BCUT2D eigenvalue weighted by molar-refractivity contribution is 7.99. The summed E-state index contributed by atoms with van der Waals surface area (Å²) in [5, 5.41) is 0. The highest BCUT2D eigenvalue weighted by Gasteiger charge is 2.23. The molecule has 0 saturated carbocycles. The summed E-state index contributed by atoms with van der Waals surface area (Å²) in [6.07, 6.45) is 7.24. The Bertz CT molecular complexity index is 872. The SMILES string of the molecule is CCCn1c(C(C)(C)C)nc2cc(N(C)Sn3cc[n+](C)c3)ccc21. The first-order chi connectivity index (χ1) is 11.8. The number of anilines is 1. The molecule has 0 unspecified atom stereocenters. The summed E-state index contributed by atoms with van der Waals surface area (Å²) in [6, 6.07) is 6.57. The van der Waals surface area contributed by atoms with Crippen LogP contribution < -0.4 is 8.87 Å². The van der Waals surface area contributed by atoms with Crippen molar-refractivity contribution in [1.82, 2.24) is 13.5 Å². The van der Waals surface area contributed by atoms with Gasteiger partial charge >= 0.3 is 0 Å². The van der Waals surface area contributed by atoms with E-state index in [9.17, 15) is 0 Å². The van der Waals surface area contributed by atoms with Gasteiger partial charge in [0, 0.05) is 19.0 Å². The first kappa shape index (κ1) is 17.9. The maximum Gasteiger partial charge on any atom is 0.256 e. The summed E-state index contributed by atoms with van der Waals surface area (Å²) in [6.45, 7) is 9.92. The summed E-state index contributed by atoms with van der Waals surface area (Å²) >= 11 is 1.65. The van der Waals surface area contributed by atoms with Gasteiger partial charge in [-0.15, -0.1) is 0 Å². The smallest absolute Gasteiger partial charge is 0.256 e. The molecule has 0 spiro atoms. The lowest BCUT2D eigenvalue weighted by Gasteiger charge is -2.19. The molecule has 134 valence electrons. The average Bonchev–Trinajstić information content (AvgIpc) is 3.11. The van der Waals surface area contributed by atoms with Crippen LogP contribution in [0, 0.1) is 0 Å². The van der Waals surface area contributed by atoms with E-state index < -0.39 is 0 Å². The minimum Gasteiger partial charge on any atom is -0.328 e. The van der Waals surface area contributed by atoms with E-state index in [2.05, 4.69) is 65.8 Å². The summed E-state index contributed by atoms with van der Waals surface area (Å²) in [5.41, 5.74) is 3.48. The van der Waals surface area contributed by atoms with E-state index in [1.165, 1.54) is 5.52 Å². The van der Waals surface area contributed by atoms with Crippen LogP contribution in [0.15, 0.2) is 36.9 Å². The molecule has 25 heavy (non-hydrogen) atoms. The molecule has 2 aromatic heterocycles. The van der Waals surface area contributed by atoms with Gasteiger partial charge in [-0.25, -0.2) is 9.55 Å². The third-order valence-corrected chi connectivity index (χ3v) is 5.04. The second-order valence-electron chi connectivity index (χ2n) is 7.53. The van der Waals surface area contributed by atoms with Crippen molar-refractivity contribution in [3.8, 4) is 0 Å². The van der Waals surface area contributed by atoms with Crippen molar-refractivity contribution < 1.29 is 4.57 Å². The van der Waals surface area contributed by atoms with Crippen molar-refractivity contribution in [2.75, 3.05) is 11.4 Å². The van der Waals surface area contributed by atoms with E-state index in [1.807, 2.05) is 30.3 Å². The molecular formula is C19H28N5S+. The van der Waals surface area contributed by atoms with Crippen LogP contribution in [0.1, 0.15) is 39.9 Å². The molecule has 0 aliphatic rings. The number of benzene rings is 1. The fraction of sp³-hybridized carbons (Fsp3) is 0.474. The Kier molecular flexibility index (Phi) is 4.82. The summed E-state index contributed by atoms with van der Waals surface area (Å²) < 4.78 is 8.65. The number of hydrogen-bond donors (Lipinski definition) is 0. The Morgan fingerprint density at radius 3 is 2.64 bits per heavy atom. The monoisotopic (exact) mass is 358 g/mol. The van der Waals surface area contributed by atoms with Gasteiger partial charge in [-0.1, -0.05) is 27.7 Å². The number of rotatable bonds is 5. The molecule has 0 bridgehead atoms. The largest absolute Gasteiger partial charge is 0.328 e. The molecule has 6 heteroatoms. The molecule has 0 radical (unpaired) electrons. The lowest BCUT2D eigenvalue weighted by molar-refractivity contribution is -0.670. The van der Waals surface area contributed by atoms with Crippen molar-refractivity contribution >= 4 is 28.9 Å². The average molecular weight is 359 g/mol. The van der Waals surface area contributed by atoms with E-state index in [-0.39, 0.29) is 5.41 Å². The van der Waals surface area contributed by atoms with Crippen molar-refractivity contribution in [3.63, 3.8) is 0 Å². The Balaban J connectivity index is 1.96. The molecule has 2 heterocycles. The zero-order chi connectivity index (χ0) is 18.2. The Morgan fingerprint density at radius 2 is 2.04 bits per heavy atom. The Labute approximate surface area is 154 Å². The van der Waals surface area contributed by atoms with Gasteiger partial charge < -0.3 is 4.57 Å². The molecular weight excluding hydrogens is 330 g/mol. The van der Waals surface area contributed by atoms with E-state index in [1.54, 1.807) is 12.1 Å². The molecule has 0 N–H and O–H groups in total. The van der Waals surface area contributed by atoms with E-state index >= 15 is 0 Å². The number of aryl methyl sites for hydroxylation is 2. The molecule has 3 rings (SSSR count). The molecule has 3 aromatic rings. The normalized spacial score (nSPS) is 12.1. The van der Waals surface area contributed by atoms with E-state index in [0.29, 0.717) is 0 Å². The van der Waals surface area contributed by atoms with Crippen LogP contribution in [0.3, 0.4) is 0 Å². The second-order valence-corrected chi connectivity index (χ2v) is 8.66. The Hall–Kier alpha value is -1.95. The number of aromatic nitrogens is 4. The van der Waals surface area contributed by atoms with Crippen molar-refractivity contribution in [3.05, 3.63) is 42.7 Å². The molecule has 1 aromatic carbocycles. The molecule has 0 atom stereocenters. The number of imidazole rings is 2. The first-order valence-corrected chi connectivity index (χ1v) is 9.49. The number of fused-ring (bicyclic) bond motifs is 1. The first-order valence-electron chi connectivity index (χ1n) is 8.76.